The summed E-state index contributed by atoms with van der Waals surface area (Å²) in [5, 5.41) is 3.04. The Balaban J connectivity index is 0.00000225. The van der Waals surface area contributed by atoms with Crippen LogP contribution in [0.3, 0.4) is 0 Å². The third-order valence-electron chi connectivity index (χ3n) is 6.60. The van der Waals surface area contributed by atoms with Gasteiger partial charge in [0.15, 0.2) is 0 Å². The Hall–Kier alpha value is -1.59. The zero-order valence-corrected chi connectivity index (χ0v) is 17.4. The van der Waals surface area contributed by atoms with Crippen LogP contribution in [-0.2, 0) is 16.0 Å². The first kappa shape index (κ1) is 21.1. The molecule has 0 radical (unpaired) electrons. The Morgan fingerprint density at radius 2 is 1.82 bits per heavy atom. The molecule has 6 heteroatoms. The van der Waals surface area contributed by atoms with Gasteiger partial charge in [0.2, 0.25) is 11.8 Å². The monoisotopic (exact) mass is 405 g/mol. The fraction of sp³-hybridized carbons (Fsp3) is 0.636. The average molecular weight is 406 g/mol. The van der Waals surface area contributed by atoms with Gasteiger partial charge in [-0.2, -0.15) is 0 Å². The predicted molar refractivity (Wildman–Crippen MR) is 113 cm³/mol. The van der Waals surface area contributed by atoms with E-state index in [0.29, 0.717) is 12.5 Å². The molecule has 1 aromatic rings. The highest BCUT2D eigenvalue weighted by Gasteiger charge is 2.41. The van der Waals surface area contributed by atoms with Crippen LogP contribution in [0.1, 0.15) is 51.0 Å². The summed E-state index contributed by atoms with van der Waals surface area (Å²) in [7, 11) is 0. The highest BCUT2D eigenvalue weighted by molar-refractivity contribution is 6.00. The van der Waals surface area contributed by atoms with Crippen LogP contribution < -0.4 is 16.0 Å². The number of nitrogens with zero attached hydrogens (tertiary/aromatic N) is 1. The molecule has 5 nitrogen and oxygen atoms in total. The van der Waals surface area contributed by atoms with Gasteiger partial charge in [-0.15, -0.1) is 12.4 Å². The van der Waals surface area contributed by atoms with Gasteiger partial charge in [0.1, 0.15) is 0 Å². The number of fused-ring (bicyclic) bond motifs is 1. The van der Waals surface area contributed by atoms with Crippen LogP contribution in [0.4, 0.5) is 5.69 Å². The molecule has 3 N–H and O–H groups in total. The van der Waals surface area contributed by atoms with E-state index in [2.05, 4.69) is 18.3 Å². The van der Waals surface area contributed by atoms with Gasteiger partial charge >= 0.3 is 0 Å². The summed E-state index contributed by atoms with van der Waals surface area (Å²) in [6.07, 6.45) is 6.87. The smallest absolute Gasteiger partial charge is 0.231 e. The second kappa shape index (κ2) is 8.83. The largest absolute Gasteiger partial charge is 0.354 e. The summed E-state index contributed by atoms with van der Waals surface area (Å²) < 4.78 is 0. The number of benzene rings is 1. The Morgan fingerprint density at radius 3 is 2.54 bits per heavy atom. The quantitative estimate of drug-likeness (QED) is 0.790. The van der Waals surface area contributed by atoms with Gasteiger partial charge in [0, 0.05) is 30.2 Å². The molecule has 4 rings (SSSR count). The standard InChI is InChI=1S/C22H31N3O2.ClH/c1-14-12-16-6-2-5-9-20(16)25(14)22(27)18-8-4-3-7-17(18)21(26)24-13-19(23)15-10-11-15;/h2,5-6,9,14-15,17-19H,3-4,7-8,10-13,23H2,1H3,(H,24,26);1H. The maximum absolute atomic E-state index is 13.5. The lowest BCUT2D eigenvalue weighted by molar-refractivity contribution is -0.135. The molecule has 1 aliphatic heterocycles. The Morgan fingerprint density at radius 1 is 1.14 bits per heavy atom. The first-order valence-corrected chi connectivity index (χ1v) is 10.5. The summed E-state index contributed by atoms with van der Waals surface area (Å²) >= 11 is 0. The number of hydrogen-bond acceptors (Lipinski definition) is 3. The molecule has 2 aliphatic carbocycles. The first-order valence-electron chi connectivity index (χ1n) is 10.5. The van der Waals surface area contributed by atoms with Crippen LogP contribution >= 0.6 is 12.4 Å². The van der Waals surface area contributed by atoms with E-state index < -0.39 is 0 Å². The number of amides is 2. The SMILES string of the molecule is CC1Cc2ccccc2N1C(=O)C1CCCCC1C(=O)NCC(N)C1CC1.Cl. The van der Waals surface area contributed by atoms with Crippen molar-refractivity contribution in [3.8, 4) is 0 Å². The van der Waals surface area contributed by atoms with Gasteiger partial charge in [-0.05, 0) is 56.6 Å². The number of carbonyl (C=O) groups is 2. The summed E-state index contributed by atoms with van der Waals surface area (Å²) in [5.41, 5.74) is 8.38. The molecule has 4 unspecified atom stereocenters. The Labute approximate surface area is 173 Å². The van der Waals surface area contributed by atoms with Crippen molar-refractivity contribution < 1.29 is 9.59 Å². The van der Waals surface area contributed by atoms with Gasteiger partial charge in [-0.3, -0.25) is 9.59 Å². The molecule has 0 spiro atoms. The fourth-order valence-corrected chi connectivity index (χ4v) is 4.86. The fourth-order valence-electron chi connectivity index (χ4n) is 4.86. The lowest BCUT2D eigenvalue weighted by Crippen LogP contribution is -2.48. The maximum Gasteiger partial charge on any atom is 0.231 e. The lowest BCUT2D eigenvalue weighted by atomic mass is 9.77. The van der Waals surface area contributed by atoms with Crippen LogP contribution in [0, 0.1) is 17.8 Å². The minimum atomic E-state index is -0.224. The molecular formula is C22H32ClN3O2. The Kier molecular flexibility index (Phi) is 6.66. The molecular weight excluding hydrogens is 374 g/mol. The van der Waals surface area contributed by atoms with E-state index in [9.17, 15) is 9.59 Å². The van der Waals surface area contributed by atoms with Crippen LogP contribution in [-0.4, -0.2) is 30.4 Å². The minimum Gasteiger partial charge on any atom is -0.354 e. The second-order valence-electron chi connectivity index (χ2n) is 8.63. The molecule has 28 heavy (non-hydrogen) atoms. The van der Waals surface area contributed by atoms with Gasteiger partial charge in [0.05, 0.1) is 5.92 Å². The molecule has 2 amide bonds. The number of anilines is 1. The lowest BCUT2D eigenvalue weighted by Gasteiger charge is -2.34. The van der Waals surface area contributed by atoms with Crippen molar-refractivity contribution in [1.29, 1.82) is 0 Å². The third-order valence-corrected chi connectivity index (χ3v) is 6.60. The topological polar surface area (TPSA) is 75.4 Å². The molecule has 2 fully saturated rings. The number of rotatable bonds is 5. The zero-order valence-electron chi connectivity index (χ0n) is 16.6. The van der Waals surface area contributed by atoms with Gasteiger partial charge in [-0.25, -0.2) is 0 Å². The number of nitrogens with one attached hydrogen (secondary N) is 1. The molecule has 0 saturated heterocycles. The number of hydrogen-bond donors (Lipinski definition) is 2. The molecule has 1 heterocycles. The van der Waals surface area contributed by atoms with Crippen molar-refractivity contribution in [2.45, 2.75) is 64.0 Å². The van der Waals surface area contributed by atoms with Crippen LogP contribution in [0.25, 0.3) is 0 Å². The van der Waals surface area contributed by atoms with Crippen LogP contribution in [0.5, 0.6) is 0 Å². The van der Waals surface area contributed by atoms with E-state index in [-0.39, 0.29) is 48.1 Å². The summed E-state index contributed by atoms with van der Waals surface area (Å²) in [5.74, 6) is 0.265. The van der Waals surface area contributed by atoms with Crippen molar-refractivity contribution in [1.82, 2.24) is 5.32 Å². The van der Waals surface area contributed by atoms with E-state index in [1.54, 1.807) is 0 Å². The number of para-hydroxylation sites is 1. The highest BCUT2D eigenvalue weighted by atomic mass is 35.5. The highest BCUT2D eigenvalue weighted by Crippen LogP contribution is 2.38. The summed E-state index contributed by atoms with van der Waals surface area (Å²) in [4.78, 5) is 28.3. The molecule has 0 bridgehead atoms. The average Bonchev–Trinajstić information content (AvgIpc) is 3.47. The molecule has 2 saturated carbocycles. The van der Waals surface area contributed by atoms with Crippen molar-refractivity contribution in [3.05, 3.63) is 29.8 Å². The van der Waals surface area contributed by atoms with Gasteiger partial charge < -0.3 is 16.0 Å². The predicted octanol–water partition coefficient (Wildman–Crippen LogP) is 3.05. The van der Waals surface area contributed by atoms with E-state index in [4.69, 9.17) is 5.73 Å². The van der Waals surface area contributed by atoms with Crippen molar-refractivity contribution >= 4 is 29.9 Å². The van der Waals surface area contributed by atoms with E-state index >= 15 is 0 Å². The van der Waals surface area contributed by atoms with Crippen molar-refractivity contribution in [2.24, 2.45) is 23.5 Å². The third kappa shape index (κ3) is 4.20. The molecule has 4 atom stereocenters. The summed E-state index contributed by atoms with van der Waals surface area (Å²) in [6, 6.07) is 8.36. The molecule has 0 aromatic heterocycles. The molecule has 3 aliphatic rings. The van der Waals surface area contributed by atoms with Gasteiger partial charge in [-0.1, -0.05) is 31.0 Å². The minimum absolute atomic E-state index is 0. The van der Waals surface area contributed by atoms with Crippen molar-refractivity contribution in [2.75, 3.05) is 11.4 Å². The zero-order chi connectivity index (χ0) is 19.0. The summed E-state index contributed by atoms with van der Waals surface area (Å²) in [6.45, 7) is 2.63. The Bertz CT molecular complexity index is 721. The normalized spacial score (nSPS) is 27.5. The van der Waals surface area contributed by atoms with E-state index in [1.165, 1.54) is 18.4 Å². The molecule has 154 valence electrons. The first-order chi connectivity index (χ1) is 13.1. The number of halogens is 1. The number of nitrogens with two attached hydrogens (primary N) is 1. The van der Waals surface area contributed by atoms with E-state index in [1.807, 2.05) is 23.1 Å². The number of carbonyl (C=O) groups excluding carboxylic acids is 2. The second-order valence-corrected chi connectivity index (χ2v) is 8.63. The van der Waals surface area contributed by atoms with E-state index in [0.717, 1.165) is 37.8 Å². The van der Waals surface area contributed by atoms with Crippen LogP contribution in [0.15, 0.2) is 24.3 Å². The molecule has 1 aromatic carbocycles. The van der Waals surface area contributed by atoms with Gasteiger partial charge in [0.25, 0.3) is 0 Å². The van der Waals surface area contributed by atoms with Crippen LogP contribution in [0.2, 0.25) is 0 Å². The van der Waals surface area contributed by atoms with Crippen molar-refractivity contribution in [3.63, 3.8) is 0 Å². The maximum atomic E-state index is 13.5.